The van der Waals surface area contributed by atoms with E-state index in [1.54, 1.807) is 6.21 Å². The molecule has 0 radical (unpaired) electrons. The van der Waals surface area contributed by atoms with Gasteiger partial charge in [-0.2, -0.15) is 5.10 Å². The molecule has 3 nitrogen and oxygen atoms in total. The van der Waals surface area contributed by atoms with E-state index in [1.165, 1.54) is 22.3 Å². The molecule has 1 N–H and O–H groups in total. The first-order valence-corrected chi connectivity index (χ1v) is 9.62. The van der Waals surface area contributed by atoms with Crippen LogP contribution in [0.25, 0.3) is 0 Å². The summed E-state index contributed by atoms with van der Waals surface area (Å²) in [6, 6.07) is 26.8. The van der Waals surface area contributed by atoms with Gasteiger partial charge in [0.05, 0.1) is 12.1 Å². The highest BCUT2D eigenvalue weighted by atomic mass is 16.2. The third-order valence-corrected chi connectivity index (χ3v) is 5.60. The Morgan fingerprint density at radius 2 is 1.43 bits per heavy atom. The fourth-order valence-electron chi connectivity index (χ4n) is 3.87. The van der Waals surface area contributed by atoms with E-state index in [0.29, 0.717) is 0 Å². The maximum absolute atomic E-state index is 12.9. The Morgan fingerprint density at radius 3 is 1.96 bits per heavy atom. The van der Waals surface area contributed by atoms with Crippen LogP contribution >= 0.6 is 0 Å². The number of aryl methyl sites for hydroxylation is 2. The van der Waals surface area contributed by atoms with Crippen LogP contribution in [-0.4, -0.2) is 12.1 Å². The molecule has 0 spiro atoms. The molecule has 0 bridgehead atoms. The molecule has 1 amide bonds. The SMILES string of the molecule is Cc1ccc(C2(c3ccc(C)cc3)C[C@@H]2C(=O)N/N=C\c2ccccc2)cc1. The second-order valence-electron chi connectivity index (χ2n) is 7.61. The van der Waals surface area contributed by atoms with Gasteiger partial charge in [-0.05, 0) is 37.0 Å². The molecule has 0 unspecified atom stereocenters. The van der Waals surface area contributed by atoms with Crippen molar-refractivity contribution in [2.45, 2.75) is 25.7 Å². The summed E-state index contributed by atoms with van der Waals surface area (Å²) >= 11 is 0. The monoisotopic (exact) mass is 368 g/mol. The average Bonchev–Trinajstić information content (AvgIpc) is 3.47. The lowest BCUT2D eigenvalue weighted by atomic mass is 9.85. The van der Waals surface area contributed by atoms with Crippen molar-refractivity contribution in [3.63, 3.8) is 0 Å². The number of hydrazone groups is 1. The molecule has 0 aromatic heterocycles. The van der Waals surface area contributed by atoms with Gasteiger partial charge in [0.1, 0.15) is 0 Å². The molecular weight excluding hydrogens is 344 g/mol. The topological polar surface area (TPSA) is 41.5 Å². The maximum Gasteiger partial charge on any atom is 0.244 e. The zero-order chi connectivity index (χ0) is 19.6. The smallest absolute Gasteiger partial charge is 0.244 e. The molecule has 1 atom stereocenters. The van der Waals surface area contributed by atoms with E-state index >= 15 is 0 Å². The van der Waals surface area contributed by atoms with Gasteiger partial charge in [-0.3, -0.25) is 4.79 Å². The van der Waals surface area contributed by atoms with Crippen LogP contribution in [0.15, 0.2) is 84.0 Å². The van der Waals surface area contributed by atoms with Gasteiger partial charge in [-0.1, -0.05) is 90.0 Å². The van der Waals surface area contributed by atoms with Crippen molar-refractivity contribution < 1.29 is 4.79 Å². The highest BCUT2D eigenvalue weighted by Gasteiger charge is 2.60. The average molecular weight is 368 g/mol. The van der Waals surface area contributed by atoms with Crippen LogP contribution in [-0.2, 0) is 10.2 Å². The van der Waals surface area contributed by atoms with Crippen LogP contribution in [0.4, 0.5) is 0 Å². The number of hydrogen-bond acceptors (Lipinski definition) is 2. The molecule has 140 valence electrons. The van der Waals surface area contributed by atoms with Crippen LogP contribution in [0.2, 0.25) is 0 Å². The molecule has 1 aliphatic carbocycles. The molecule has 28 heavy (non-hydrogen) atoms. The minimum atomic E-state index is -0.270. The van der Waals surface area contributed by atoms with Crippen molar-refractivity contribution in [3.8, 4) is 0 Å². The van der Waals surface area contributed by atoms with Crippen molar-refractivity contribution in [3.05, 3.63) is 107 Å². The molecule has 1 fully saturated rings. The first-order chi connectivity index (χ1) is 13.6. The number of nitrogens with one attached hydrogen (secondary N) is 1. The van der Waals surface area contributed by atoms with E-state index < -0.39 is 0 Å². The summed E-state index contributed by atoms with van der Waals surface area (Å²) in [5.74, 6) is -0.154. The van der Waals surface area contributed by atoms with Gasteiger partial charge in [0, 0.05) is 5.41 Å². The first-order valence-electron chi connectivity index (χ1n) is 9.62. The van der Waals surface area contributed by atoms with Gasteiger partial charge >= 0.3 is 0 Å². The number of carbonyl (C=O) groups is 1. The van der Waals surface area contributed by atoms with Gasteiger partial charge in [-0.15, -0.1) is 0 Å². The van der Waals surface area contributed by atoms with Crippen molar-refractivity contribution in [2.24, 2.45) is 11.0 Å². The van der Waals surface area contributed by atoms with Gasteiger partial charge in [-0.25, -0.2) is 5.43 Å². The molecule has 3 aromatic carbocycles. The van der Waals surface area contributed by atoms with E-state index in [4.69, 9.17) is 0 Å². The lowest BCUT2D eigenvalue weighted by Crippen LogP contribution is -2.25. The Bertz CT molecular complexity index is 943. The number of carbonyl (C=O) groups excluding carboxylic acids is 1. The number of amides is 1. The Morgan fingerprint density at radius 1 is 0.893 bits per heavy atom. The summed E-state index contributed by atoms with van der Waals surface area (Å²) in [7, 11) is 0. The van der Waals surface area contributed by atoms with E-state index in [9.17, 15) is 4.79 Å². The Kier molecular flexibility index (Phi) is 4.82. The largest absolute Gasteiger partial charge is 0.273 e. The van der Waals surface area contributed by atoms with E-state index in [1.807, 2.05) is 30.3 Å². The molecule has 4 rings (SSSR count). The van der Waals surface area contributed by atoms with E-state index in [0.717, 1.165) is 12.0 Å². The van der Waals surface area contributed by atoms with Crippen molar-refractivity contribution in [1.29, 1.82) is 0 Å². The predicted molar refractivity (Wildman–Crippen MR) is 113 cm³/mol. The lowest BCUT2D eigenvalue weighted by molar-refractivity contribution is -0.122. The molecule has 3 heteroatoms. The molecular formula is C25H24N2O. The summed E-state index contributed by atoms with van der Waals surface area (Å²) in [5, 5.41) is 4.16. The van der Waals surface area contributed by atoms with Gasteiger partial charge in [0.2, 0.25) is 5.91 Å². The van der Waals surface area contributed by atoms with E-state index in [2.05, 4.69) is 72.9 Å². The van der Waals surface area contributed by atoms with Crippen LogP contribution in [0.1, 0.15) is 34.2 Å². The fourth-order valence-corrected chi connectivity index (χ4v) is 3.87. The van der Waals surface area contributed by atoms with Crippen molar-refractivity contribution >= 4 is 12.1 Å². The third kappa shape index (κ3) is 3.48. The van der Waals surface area contributed by atoms with E-state index in [-0.39, 0.29) is 17.2 Å². The standard InChI is InChI=1S/C25H24N2O/c1-18-8-12-21(13-9-18)25(22-14-10-19(2)11-15-22)16-23(25)24(28)27-26-17-20-6-4-3-5-7-20/h3-15,17,23H,16H2,1-2H3,(H,27,28)/b26-17-/t23-/m1/s1. The highest BCUT2D eigenvalue weighted by Crippen LogP contribution is 2.59. The second kappa shape index (κ2) is 7.43. The minimum absolute atomic E-state index is 0.0340. The van der Waals surface area contributed by atoms with Gasteiger partial charge in [0.25, 0.3) is 0 Å². The minimum Gasteiger partial charge on any atom is -0.273 e. The fraction of sp³-hybridized carbons (Fsp3) is 0.200. The molecule has 3 aromatic rings. The summed E-state index contributed by atoms with van der Waals surface area (Å²) in [6.45, 7) is 4.16. The molecule has 0 aliphatic heterocycles. The Labute approximate surface area is 166 Å². The second-order valence-corrected chi connectivity index (χ2v) is 7.61. The zero-order valence-electron chi connectivity index (χ0n) is 16.2. The Hall–Kier alpha value is -3.20. The predicted octanol–water partition coefficient (Wildman–Crippen LogP) is 4.76. The zero-order valence-corrected chi connectivity index (χ0v) is 16.2. The van der Waals surface area contributed by atoms with Crippen LogP contribution in [0.3, 0.4) is 0 Å². The number of benzene rings is 3. The molecule has 0 heterocycles. The summed E-state index contributed by atoms with van der Waals surface area (Å²) in [6.07, 6.45) is 2.48. The number of hydrogen-bond donors (Lipinski definition) is 1. The maximum atomic E-state index is 12.9. The van der Waals surface area contributed by atoms with Crippen molar-refractivity contribution in [2.75, 3.05) is 0 Å². The summed E-state index contributed by atoms with van der Waals surface area (Å²) < 4.78 is 0. The van der Waals surface area contributed by atoms with Crippen LogP contribution in [0.5, 0.6) is 0 Å². The number of nitrogens with zero attached hydrogens (tertiary/aromatic N) is 1. The van der Waals surface area contributed by atoms with Gasteiger partial charge in [0.15, 0.2) is 0 Å². The summed E-state index contributed by atoms with van der Waals surface area (Å²) in [4.78, 5) is 12.9. The van der Waals surface area contributed by atoms with Gasteiger partial charge < -0.3 is 0 Å². The number of rotatable bonds is 5. The normalized spacial score (nSPS) is 17.4. The van der Waals surface area contributed by atoms with Crippen LogP contribution < -0.4 is 5.43 Å². The Balaban J connectivity index is 1.58. The third-order valence-electron chi connectivity index (χ3n) is 5.60. The molecule has 0 saturated heterocycles. The molecule has 1 saturated carbocycles. The van der Waals surface area contributed by atoms with Crippen molar-refractivity contribution in [1.82, 2.24) is 5.43 Å². The highest BCUT2D eigenvalue weighted by molar-refractivity contribution is 5.87. The summed E-state index contributed by atoms with van der Waals surface area (Å²) in [5.41, 5.74) is 8.25. The lowest BCUT2D eigenvalue weighted by Gasteiger charge is -2.19. The first kappa shape index (κ1) is 18.2. The van der Waals surface area contributed by atoms with Crippen LogP contribution in [0, 0.1) is 19.8 Å². The molecule has 1 aliphatic rings. The quantitative estimate of drug-likeness (QED) is 0.512.